The summed E-state index contributed by atoms with van der Waals surface area (Å²) in [7, 11) is 0. The van der Waals surface area contributed by atoms with Gasteiger partial charge in [0.15, 0.2) is 17.6 Å². The number of carbonyl (C=O) groups excluding carboxylic acids is 8. The van der Waals surface area contributed by atoms with Crippen LogP contribution in [0.15, 0.2) is 23.9 Å². The summed E-state index contributed by atoms with van der Waals surface area (Å²) in [6.45, 7) is 0.674. The van der Waals surface area contributed by atoms with Crippen molar-refractivity contribution in [3.8, 4) is 0 Å². The highest BCUT2D eigenvalue weighted by Gasteiger charge is 2.40. The molecule has 1 heterocycles. The van der Waals surface area contributed by atoms with Crippen LogP contribution in [0.25, 0.3) is 0 Å². The summed E-state index contributed by atoms with van der Waals surface area (Å²) in [4.78, 5) is 121. The second-order valence-electron chi connectivity index (χ2n) is 17.9. The SMILES string of the molecule is C[C@H](NC(=O)[C@@H](NC(=O)[C@@H](N)CCCCN)[C@@H](O)CN)C(=O)NCC(=O)N[C@H](CCCN)C(=O)N1CCC[C@H]1C(=O)NC(Cc1cc(F)c(F)cc1F)C(=O)N[C@@H](CCCCN)C(=O)N/C(=C\CCNC(=N)N)C(=O)O. The molecule has 0 radical (unpaired) electrons. The van der Waals surface area contributed by atoms with Gasteiger partial charge in [-0.3, -0.25) is 43.8 Å². The summed E-state index contributed by atoms with van der Waals surface area (Å²) in [6.07, 6.45) is 0.912. The molecule has 0 aromatic heterocycles. The fourth-order valence-electron chi connectivity index (χ4n) is 7.68. The van der Waals surface area contributed by atoms with Crippen LogP contribution in [-0.4, -0.2) is 169 Å². The van der Waals surface area contributed by atoms with E-state index in [1.165, 1.54) is 6.92 Å². The predicted octanol–water partition coefficient (Wildman–Crippen LogP) is -5.20. The number of aliphatic carboxylic acids is 1. The molecule has 76 heavy (non-hydrogen) atoms. The highest BCUT2D eigenvalue weighted by atomic mass is 19.2. The van der Waals surface area contributed by atoms with Gasteiger partial charge in [0.1, 0.15) is 47.8 Å². The lowest BCUT2D eigenvalue weighted by Gasteiger charge is -2.30. The van der Waals surface area contributed by atoms with Gasteiger partial charge in [-0.25, -0.2) is 18.0 Å². The monoisotopic (exact) mass is 1080 g/mol. The Balaban J connectivity index is 2.31. The highest BCUT2D eigenvalue weighted by Crippen LogP contribution is 2.21. The average Bonchev–Trinajstić information content (AvgIpc) is 3.87. The molecule has 426 valence electrons. The zero-order chi connectivity index (χ0) is 57.1. The van der Waals surface area contributed by atoms with Crippen LogP contribution in [-0.2, 0) is 49.6 Å². The first-order valence-corrected chi connectivity index (χ1v) is 24.8. The lowest BCUT2D eigenvalue weighted by atomic mass is 10.0. The minimum Gasteiger partial charge on any atom is -0.477 e. The molecule has 0 spiro atoms. The second-order valence-corrected chi connectivity index (χ2v) is 17.9. The number of guanidine groups is 1. The number of nitrogens with two attached hydrogens (primary N) is 6. The Bertz CT molecular complexity index is 2210. The quantitative estimate of drug-likeness (QED) is 0.0101. The normalized spacial score (nSPS) is 16.1. The molecule has 1 aliphatic rings. The molecule has 1 aliphatic heterocycles. The Morgan fingerprint density at radius 1 is 0.750 bits per heavy atom. The van der Waals surface area contributed by atoms with Crippen LogP contribution in [0.4, 0.5) is 13.2 Å². The number of hydrogen-bond acceptors (Lipinski definition) is 16. The molecule has 1 unspecified atom stereocenters. The van der Waals surface area contributed by atoms with Gasteiger partial charge in [0.05, 0.1) is 18.7 Å². The molecular formula is C46H75F3N16O11. The van der Waals surface area contributed by atoms with Gasteiger partial charge in [-0.15, -0.1) is 0 Å². The van der Waals surface area contributed by atoms with Crippen LogP contribution in [0.2, 0.25) is 0 Å². The van der Waals surface area contributed by atoms with Crippen LogP contribution in [0, 0.1) is 22.9 Å². The van der Waals surface area contributed by atoms with E-state index in [4.69, 9.17) is 39.8 Å². The summed E-state index contributed by atoms with van der Waals surface area (Å²) >= 11 is 0. The molecule has 30 heteroatoms. The number of nitrogens with zero attached hydrogens (tertiary/aromatic N) is 1. The number of benzene rings is 1. The Kier molecular flexibility index (Phi) is 29.0. The zero-order valence-electron chi connectivity index (χ0n) is 42.4. The molecule has 0 bridgehead atoms. The Morgan fingerprint density at radius 3 is 2.00 bits per heavy atom. The molecule has 1 fully saturated rings. The summed E-state index contributed by atoms with van der Waals surface area (Å²) < 4.78 is 43.6. The number of amides is 8. The number of rotatable bonds is 34. The number of carbonyl (C=O) groups is 9. The van der Waals surface area contributed by atoms with Crippen molar-refractivity contribution in [2.24, 2.45) is 34.4 Å². The molecular weight excluding hydrogens is 1010 g/mol. The molecule has 8 atom stereocenters. The third-order valence-corrected chi connectivity index (χ3v) is 11.9. The topological polar surface area (TPSA) is 474 Å². The summed E-state index contributed by atoms with van der Waals surface area (Å²) in [6, 6.07) is -9.28. The summed E-state index contributed by atoms with van der Waals surface area (Å²) in [5, 5.41) is 46.4. The molecule has 8 amide bonds. The van der Waals surface area contributed by atoms with Crippen LogP contribution in [0.5, 0.6) is 0 Å². The first kappa shape index (κ1) is 65.1. The Morgan fingerprint density at radius 2 is 1.38 bits per heavy atom. The van der Waals surface area contributed by atoms with Gasteiger partial charge in [0.25, 0.3) is 0 Å². The van der Waals surface area contributed by atoms with Gasteiger partial charge in [-0.1, -0.05) is 12.5 Å². The van der Waals surface area contributed by atoms with Crippen molar-refractivity contribution >= 4 is 59.2 Å². The number of aliphatic hydroxyl groups is 1. The first-order valence-electron chi connectivity index (χ1n) is 24.8. The number of halogens is 3. The first-order chi connectivity index (χ1) is 36.0. The minimum absolute atomic E-state index is 0.00741. The standard InChI is InChI=1S/C46H75F3N16O11/c1-24(59-43(73)37(35(66)22-53)64-39(69)29(54)9-2-4-14-50)38(68)58-23-36(67)60-31(11-6-16-52)44(74)65-18-8-13-34(65)42(72)63-33(20-25-19-27(48)28(49)21-26(25)47)41(71)61-30(10-3-5-15-51)40(70)62-32(45(75)76)12-7-17-57-46(55)56/h12,19,21,24,29-31,33-35,37,66H,2-11,13-18,20,22-23,50-54H2,1H3,(H,58,68)(H,59,73)(H,60,67)(H,61,71)(H,62,70)(H,63,72)(H,64,69)(H,75,76)(H4,55,56,57)/b32-12-/t24-,29-,30-,31+,33?,34-,35-,37-/m0/s1. The second kappa shape index (κ2) is 33.8. The average molecular weight is 1090 g/mol. The van der Waals surface area contributed by atoms with E-state index in [1.54, 1.807) is 0 Å². The van der Waals surface area contributed by atoms with Crippen LogP contribution in [0.3, 0.4) is 0 Å². The number of carboxylic acids is 1. The number of nitrogens with one attached hydrogen (secondary N) is 9. The van der Waals surface area contributed by atoms with Gasteiger partial charge in [-0.05, 0) is 102 Å². The Labute approximate surface area is 437 Å². The molecule has 23 N–H and O–H groups in total. The van der Waals surface area contributed by atoms with Crippen LogP contribution >= 0.6 is 0 Å². The fraction of sp³-hybridized carbons (Fsp3) is 0.609. The maximum absolute atomic E-state index is 15.1. The van der Waals surface area contributed by atoms with E-state index >= 15 is 4.39 Å². The maximum Gasteiger partial charge on any atom is 0.352 e. The molecule has 1 aromatic rings. The maximum atomic E-state index is 15.1. The van der Waals surface area contributed by atoms with Gasteiger partial charge in [0.2, 0.25) is 47.3 Å². The van der Waals surface area contributed by atoms with E-state index in [0.717, 1.165) is 11.0 Å². The van der Waals surface area contributed by atoms with Crippen molar-refractivity contribution in [1.82, 2.24) is 47.4 Å². The van der Waals surface area contributed by atoms with Crippen molar-refractivity contribution in [2.75, 3.05) is 45.8 Å². The van der Waals surface area contributed by atoms with E-state index < -0.39 is 150 Å². The van der Waals surface area contributed by atoms with E-state index in [-0.39, 0.29) is 89.6 Å². The molecule has 0 saturated carbocycles. The molecule has 1 aromatic carbocycles. The third kappa shape index (κ3) is 22.1. The van der Waals surface area contributed by atoms with E-state index in [1.807, 2.05) is 0 Å². The van der Waals surface area contributed by atoms with E-state index in [2.05, 4.69) is 42.5 Å². The number of hydrogen-bond donors (Lipinski definition) is 17. The molecule has 0 aliphatic carbocycles. The summed E-state index contributed by atoms with van der Waals surface area (Å²) in [5.74, 6) is -13.7. The lowest BCUT2D eigenvalue weighted by molar-refractivity contribution is -0.142. The van der Waals surface area contributed by atoms with Crippen LogP contribution < -0.4 is 76.9 Å². The number of unbranched alkanes of at least 4 members (excludes halogenated alkanes) is 2. The summed E-state index contributed by atoms with van der Waals surface area (Å²) in [5.41, 5.74) is 32.4. The van der Waals surface area contributed by atoms with Crippen LogP contribution in [0.1, 0.15) is 83.1 Å². The van der Waals surface area contributed by atoms with E-state index in [0.29, 0.717) is 31.9 Å². The third-order valence-electron chi connectivity index (χ3n) is 11.9. The Hall–Kier alpha value is -6.99. The molecule has 27 nitrogen and oxygen atoms in total. The number of likely N-dealkylation sites (tertiary alicyclic amines) is 1. The minimum atomic E-state index is -1.84. The van der Waals surface area contributed by atoms with Gasteiger partial charge in [0, 0.05) is 32.1 Å². The van der Waals surface area contributed by atoms with Crippen molar-refractivity contribution in [2.45, 2.75) is 132 Å². The smallest absolute Gasteiger partial charge is 0.352 e. The fourth-order valence-corrected chi connectivity index (χ4v) is 7.68. The van der Waals surface area contributed by atoms with Gasteiger partial charge in [-0.2, -0.15) is 0 Å². The largest absolute Gasteiger partial charge is 0.477 e. The van der Waals surface area contributed by atoms with Gasteiger partial charge < -0.3 is 92.0 Å². The zero-order valence-corrected chi connectivity index (χ0v) is 42.4. The molecule has 1 saturated heterocycles. The molecule has 2 rings (SSSR count). The predicted molar refractivity (Wildman–Crippen MR) is 269 cm³/mol. The van der Waals surface area contributed by atoms with Crippen molar-refractivity contribution in [3.05, 3.63) is 46.9 Å². The highest BCUT2D eigenvalue weighted by molar-refractivity contribution is 5.99. The van der Waals surface area contributed by atoms with Gasteiger partial charge >= 0.3 is 5.97 Å². The van der Waals surface area contributed by atoms with Crippen molar-refractivity contribution in [1.29, 1.82) is 5.41 Å². The van der Waals surface area contributed by atoms with Crippen molar-refractivity contribution in [3.63, 3.8) is 0 Å². The van der Waals surface area contributed by atoms with Crippen molar-refractivity contribution < 1.29 is 66.5 Å². The van der Waals surface area contributed by atoms with E-state index in [9.17, 15) is 62.1 Å². The lowest BCUT2D eigenvalue weighted by Crippen LogP contribution is -2.60. The number of aliphatic hydroxyl groups excluding tert-OH is 1. The number of carboxylic acid groups (broad SMARTS) is 1.